The van der Waals surface area contributed by atoms with Crippen molar-refractivity contribution < 1.29 is 13.2 Å². The van der Waals surface area contributed by atoms with E-state index in [1.165, 1.54) is 0 Å². The van der Waals surface area contributed by atoms with Gasteiger partial charge in [-0.1, -0.05) is 0 Å². The molecule has 14 heteroatoms. The lowest BCUT2D eigenvalue weighted by atomic mass is 10.0. The summed E-state index contributed by atoms with van der Waals surface area (Å²) in [5.41, 5.74) is 6.34. The number of pyridine rings is 1. The first-order valence-corrected chi connectivity index (χ1v) is 14.7. The third-order valence-electron chi connectivity index (χ3n) is 6.44. The molecule has 5 rings (SSSR count). The Bertz CT molecular complexity index is 1670. The second-order valence-electron chi connectivity index (χ2n) is 9.20. The standard InChI is InChI=1S/C25H28BrN9O3S/c1-14-23(33-39(5,36)37)18(6-8-27-14)30-24-17(26)13-28-25(32-24)31-19-10-15-16-12-29-35(3)20(16)7-9-34(2)21(15)11-22(19)38-4/h6,8,10-13,33H,7,9H2,1-5H3,(H2,27,28,30,31,32). The molecule has 0 atom stereocenters. The van der Waals surface area contributed by atoms with Crippen LogP contribution in [-0.4, -0.2) is 60.1 Å². The summed E-state index contributed by atoms with van der Waals surface area (Å²) < 4.78 is 34.6. The minimum absolute atomic E-state index is 0.315. The Kier molecular flexibility index (Phi) is 7.07. The molecule has 0 saturated carbocycles. The molecule has 3 N–H and O–H groups in total. The third kappa shape index (κ3) is 5.47. The van der Waals surface area contributed by atoms with Gasteiger partial charge >= 0.3 is 0 Å². The molecule has 0 saturated heterocycles. The first-order chi connectivity index (χ1) is 18.5. The molecule has 39 heavy (non-hydrogen) atoms. The monoisotopic (exact) mass is 613 g/mol. The largest absolute Gasteiger partial charge is 0.494 e. The molecule has 3 aromatic heterocycles. The number of hydrogen-bond donors (Lipinski definition) is 3. The highest BCUT2D eigenvalue weighted by Crippen LogP contribution is 2.42. The zero-order chi connectivity index (χ0) is 27.9. The van der Waals surface area contributed by atoms with Crippen LogP contribution < -0.4 is 25.0 Å². The Morgan fingerprint density at radius 2 is 1.87 bits per heavy atom. The van der Waals surface area contributed by atoms with Crippen LogP contribution in [0.3, 0.4) is 0 Å². The van der Waals surface area contributed by atoms with Gasteiger partial charge in [0.2, 0.25) is 16.0 Å². The van der Waals surface area contributed by atoms with Crippen LogP contribution in [-0.2, 0) is 23.5 Å². The first-order valence-electron chi connectivity index (χ1n) is 12.0. The second-order valence-corrected chi connectivity index (χ2v) is 11.8. The SMILES string of the molecule is COc1cc2c(cc1Nc1ncc(Br)c(Nc3ccnc(C)c3NS(C)(=O)=O)n1)-c1cnn(C)c1CCN2C. The van der Waals surface area contributed by atoms with Crippen LogP contribution in [0, 0.1) is 6.92 Å². The number of halogens is 1. The number of methoxy groups -OCH3 is 1. The first kappa shape index (κ1) is 26.7. The van der Waals surface area contributed by atoms with Crippen molar-refractivity contribution >= 4 is 60.5 Å². The number of fused-ring (bicyclic) bond motifs is 3. The normalized spacial score (nSPS) is 12.8. The Hall–Kier alpha value is -3.91. The second kappa shape index (κ2) is 10.3. The lowest BCUT2D eigenvalue weighted by Crippen LogP contribution is -2.20. The van der Waals surface area contributed by atoms with Crippen LogP contribution in [0.25, 0.3) is 11.1 Å². The van der Waals surface area contributed by atoms with Crippen LogP contribution in [0.4, 0.5) is 34.5 Å². The van der Waals surface area contributed by atoms with Crippen molar-refractivity contribution in [1.82, 2.24) is 24.7 Å². The van der Waals surface area contributed by atoms with Gasteiger partial charge in [0, 0.05) is 68.0 Å². The fraction of sp³-hybridized carbons (Fsp3) is 0.280. The van der Waals surface area contributed by atoms with Gasteiger partial charge < -0.3 is 20.3 Å². The van der Waals surface area contributed by atoms with Crippen LogP contribution in [0.15, 0.2) is 41.3 Å². The number of benzene rings is 1. The van der Waals surface area contributed by atoms with E-state index >= 15 is 0 Å². The summed E-state index contributed by atoms with van der Waals surface area (Å²) >= 11 is 3.48. The number of aromatic nitrogens is 5. The molecule has 0 amide bonds. The fourth-order valence-electron chi connectivity index (χ4n) is 4.49. The van der Waals surface area contributed by atoms with E-state index in [0.29, 0.717) is 44.7 Å². The van der Waals surface area contributed by atoms with E-state index < -0.39 is 10.0 Å². The summed E-state index contributed by atoms with van der Waals surface area (Å²) in [7, 11) is 2.12. The number of sulfonamides is 1. The zero-order valence-corrected chi connectivity index (χ0v) is 24.5. The molecular weight excluding hydrogens is 586 g/mol. The maximum Gasteiger partial charge on any atom is 0.229 e. The van der Waals surface area contributed by atoms with E-state index in [0.717, 1.165) is 41.7 Å². The summed E-state index contributed by atoms with van der Waals surface area (Å²) in [6, 6.07) is 5.69. The van der Waals surface area contributed by atoms with Gasteiger partial charge in [0.25, 0.3) is 0 Å². The summed E-state index contributed by atoms with van der Waals surface area (Å²) in [6.45, 7) is 2.57. The van der Waals surface area contributed by atoms with Crippen molar-refractivity contribution in [3.8, 4) is 16.9 Å². The Balaban J connectivity index is 1.52. The average molecular weight is 615 g/mol. The van der Waals surface area contributed by atoms with Crippen LogP contribution >= 0.6 is 15.9 Å². The molecule has 0 spiro atoms. The maximum atomic E-state index is 11.9. The number of nitrogens with one attached hydrogen (secondary N) is 3. The van der Waals surface area contributed by atoms with E-state index in [4.69, 9.17) is 4.74 Å². The van der Waals surface area contributed by atoms with Gasteiger partial charge in [-0.3, -0.25) is 14.4 Å². The summed E-state index contributed by atoms with van der Waals surface area (Å²) in [5.74, 6) is 1.38. The van der Waals surface area contributed by atoms with Crippen LogP contribution in [0.2, 0.25) is 0 Å². The predicted molar refractivity (Wildman–Crippen MR) is 156 cm³/mol. The van der Waals surface area contributed by atoms with Gasteiger partial charge in [-0.25, -0.2) is 13.4 Å². The smallest absolute Gasteiger partial charge is 0.229 e. The number of nitrogens with zero attached hydrogens (tertiary/aromatic N) is 6. The lowest BCUT2D eigenvalue weighted by Gasteiger charge is -2.22. The number of ether oxygens (including phenoxy) is 1. The summed E-state index contributed by atoms with van der Waals surface area (Å²) in [4.78, 5) is 15.5. The van der Waals surface area contributed by atoms with Gasteiger partial charge in [-0.2, -0.15) is 10.1 Å². The van der Waals surface area contributed by atoms with Gasteiger partial charge in [-0.05, 0) is 35.0 Å². The number of rotatable bonds is 7. The molecule has 0 fully saturated rings. The topological polar surface area (TPSA) is 139 Å². The van der Waals surface area contributed by atoms with Crippen molar-refractivity contribution in [1.29, 1.82) is 0 Å². The molecule has 0 bridgehead atoms. The third-order valence-corrected chi connectivity index (χ3v) is 7.59. The highest BCUT2D eigenvalue weighted by Gasteiger charge is 2.23. The molecule has 0 unspecified atom stereocenters. The summed E-state index contributed by atoms with van der Waals surface area (Å²) in [5, 5.41) is 10.9. The van der Waals surface area contributed by atoms with E-state index in [1.807, 2.05) is 30.1 Å². The quantitative estimate of drug-likeness (QED) is 0.278. The number of hydrogen-bond acceptors (Lipinski definition) is 10. The highest BCUT2D eigenvalue weighted by atomic mass is 79.9. The molecule has 204 valence electrons. The Morgan fingerprint density at radius 1 is 1.08 bits per heavy atom. The van der Waals surface area contributed by atoms with Crippen molar-refractivity contribution in [3.63, 3.8) is 0 Å². The van der Waals surface area contributed by atoms with Crippen molar-refractivity contribution in [3.05, 3.63) is 52.7 Å². The average Bonchev–Trinajstić information content (AvgIpc) is 3.19. The molecule has 4 aromatic rings. The fourth-order valence-corrected chi connectivity index (χ4v) is 5.41. The number of anilines is 6. The molecule has 12 nitrogen and oxygen atoms in total. The van der Waals surface area contributed by atoms with Gasteiger partial charge in [-0.15, -0.1) is 0 Å². The van der Waals surface area contributed by atoms with Crippen molar-refractivity contribution in [2.24, 2.45) is 7.05 Å². The Labute approximate surface area is 235 Å². The highest BCUT2D eigenvalue weighted by molar-refractivity contribution is 9.10. The minimum Gasteiger partial charge on any atom is -0.494 e. The van der Waals surface area contributed by atoms with Gasteiger partial charge in [0.15, 0.2) is 0 Å². The molecule has 0 radical (unpaired) electrons. The zero-order valence-electron chi connectivity index (χ0n) is 22.1. The van der Waals surface area contributed by atoms with Crippen molar-refractivity contribution in [2.75, 3.05) is 47.2 Å². The molecule has 1 aromatic carbocycles. The van der Waals surface area contributed by atoms with E-state index in [1.54, 1.807) is 32.5 Å². The molecule has 1 aliphatic rings. The van der Waals surface area contributed by atoms with Crippen LogP contribution in [0.1, 0.15) is 11.4 Å². The van der Waals surface area contributed by atoms with Gasteiger partial charge in [0.05, 0.1) is 46.8 Å². The van der Waals surface area contributed by atoms with E-state index in [2.05, 4.69) is 63.3 Å². The summed E-state index contributed by atoms with van der Waals surface area (Å²) in [6.07, 6.45) is 7.05. The molecule has 0 aliphatic carbocycles. The molecule has 4 heterocycles. The van der Waals surface area contributed by atoms with E-state index in [-0.39, 0.29) is 0 Å². The minimum atomic E-state index is -3.53. The number of likely N-dealkylation sites (N-methyl/N-ethyl adjacent to an activating group) is 1. The Morgan fingerprint density at radius 3 is 2.62 bits per heavy atom. The molecule has 1 aliphatic heterocycles. The predicted octanol–water partition coefficient (Wildman–Crippen LogP) is 4.20. The van der Waals surface area contributed by atoms with E-state index in [9.17, 15) is 8.42 Å². The number of aryl methyl sites for hydroxylation is 2. The maximum absolute atomic E-state index is 11.9. The molecular formula is C25H28BrN9O3S. The van der Waals surface area contributed by atoms with Gasteiger partial charge in [0.1, 0.15) is 11.6 Å². The van der Waals surface area contributed by atoms with Crippen LogP contribution in [0.5, 0.6) is 5.75 Å². The lowest BCUT2D eigenvalue weighted by molar-refractivity contribution is 0.417. The van der Waals surface area contributed by atoms with Crippen molar-refractivity contribution in [2.45, 2.75) is 13.3 Å².